The fourth-order valence-corrected chi connectivity index (χ4v) is 5.14. The molecule has 4 rings (SSSR count). The Hall–Kier alpha value is -2.20. The zero-order valence-electron chi connectivity index (χ0n) is 18.9. The molecule has 1 aromatic carbocycles. The lowest BCUT2D eigenvalue weighted by Crippen LogP contribution is -2.41. The van der Waals surface area contributed by atoms with E-state index in [2.05, 4.69) is 22.1 Å². The van der Waals surface area contributed by atoms with Crippen molar-refractivity contribution in [1.29, 1.82) is 0 Å². The van der Waals surface area contributed by atoms with Crippen LogP contribution in [0.1, 0.15) is 68.4 Å². The van der Waals surface area contributed by atoms with Crippen molar-refractivity contribution in [1.82, 2.24) is 10.2 Å². The van der Waals surface area contributed by atoms with Gasteiger partial charge in [-0.05, 0) is 68.6 Å². The van der Waals surface area contributed by atoms with Crippen LogP contribution in [-0.2, 0) is 14.3 Å². The number of amides is 2. The van der Waals surface area contributed by atoms with Crippen LogP contribution in [0.3, 0.4) is 0 Å². The van der Waals surface area contributed by atoms with Crippen LogP contribution in [-0.4, -0.2) is 55.1 Å². The average Bonchev–Trinajstić information content (AvgIpc) is 2.79. The molecule has 0 aromatic heterocycles. The summed E-state index contributed by atoms with van der Waals surface area (Å²) in [7, 11) is 0. The summed E-state index contributed by atoms with van der Waals surface area (Å²) in [5, 5.41) is 2.42. The van der Waals surface area contributed by atoms with Gasteiger partial charge in [0.1, 0.15) is 6.61 Å². The summed E-state index contributed by atoms with van der Waals surface area (Å²) in [4.78, 5) is 26.1. The first-order valence-corrected chi connectivity index (χ1v) is 12.1. The van der Waals surface area contributed by atoms with Crippen molar-refractivity contribution in [3.05, 3.63) is 35.4 Å². The first-order valence-electron chi connectivity index (χ1n) is 12.1. The highest BCUT2D eigenvalue weighted by Crippen LogP contribution is 2.26. The molecule has 3 aliphatic rings. The standard InChI is InChI=1S/C26H35N3O3/c27-22-8-6-20(7-9-22)18-29-14-12-23(13-15-29)32-16-2-4-19-3-1-5-21(17-19)24-10-11-25(30)28-26(24)31/h1,3,5,17,20,22-24H,6-16,18,27H2,(H,28,30,31). The van der Waals surface area contributed by atoms with Crippen molar-refractivity contribution >= 4 is 11.8 Å². The van der Waals surface area contributed by atoms with Gasteiger partial charge in [0, 0.05) is 37.7 Å². The van der Waals surface area contributed by atoms with Gasteiger partial charge >= 0.3 is 0 Å². The minimum atomic E-state index is -0.277. The second-order valence-electron chi connectivity index (χ2n) is 9.52. The SMILES string of the molecule is NC1CCC(CN2CCC(OCC#Cc3cccc(C4CCC(=O)NC4=O)c3)CC2)CC1. The van der Waals surface area contributed by atoms with Crippen molar-refractivity contribution in [3.8, 4) is 11.8 Å². The number of rotatable bonds is 5. The molecule has 32 heavy (non-hydrogen) atoms. The third-order valence-corrected chi connectivity index (χ3v) is 7.09. The molecule has 2 aliphatic heterocycles. The Morgan fingerprint density at radius 1 is 1.06 bits per heavy atom. The van der Waals surface area contributed by atoms with Crippen molar-refractivity contribution < 1.29 is 14.3 Å². The van der Waals surface area contributed by atoms with Crippen LogP contribution in [0.5, 0.6) is 0 Å². The number of nitrogens with zero attached hydrogens (tertiary/aromatic N) is 1. The van der Waals surface area contributed by atoms with Gasteiger partial charge in [0.2, 0.25) is 11.8 Å². The van der Waals surface area contributed by atoms with E-state index in [1.165, 1.54) is 32.2 Å². The van der Waals surface area contributed by atoms with Crippen LogP contribution in [0.25, 0.3) is 0 Å². The highest BCUT2D eigenvalue weighted by Gasteiger charge is 2.28. The lowest BCUT2D eigenvalue weighted by molar-refractivity contribution is -0.134. The molecular formula is C26H35N3O3. The highest BCUT2D eigenvalue weighted by atomic mass is 16.5. The van der Waals surface area contributed by atoms with Gasteiger partial charge in [-0.1, -0.05) is 24.0 Å². The van der Waals surface area contributed by atoms with Crippen molar-refractivity contribution in [2.75, 3.05) is 26.2 Å². The number of imide groups is 1. The van der Waals surface area contributed by atoms with E-state index in [9.17, 15) is 9.59 Å². The quantitative estimate of drug-likeness (QED) is 0.546. The fraction of sp³-hybridized carbons (Fsp3) is 0.615. The average molecular weight is 438 g/mol. The summed E-state index contributed by atoms with van der Waals surface area (Å²) in [5.74, 6) is 6.42. The van der Waals surface area contributed by atoms with Gasteiger partial charge in [-0.25, -0.2) is 0 Å². The zero-order valence-corrected chi connectivity index (χ0v) is 18.9. The van der Waals surface area contributed by atoms with Crippen LogP contribution in [0.4, 0.5) is 0 Å². The molecule has 1 atom stereocenters. The van der Waals surface area contributed by atoms with Crippen LogP contribution in [0.2, 0.25) is 0 Å². The predicted octanol–water partition coefficient (Wildman–Crippen LogP) is 2.56. The van der Waals surface area contributed by atoms with Crippen LogP contribution < -0.4 is 11.1 Å². The molecule has 6 heteroatoms. The summed E-state index contributed by atoms with van der Waals surface area (Å²) in [6, 6.07) is 8.16. The van der Waals surface area contributed by atoms with Gasteiger partial charge in [-0.2, -0.15) is 0 Å². The zero-order chi connectivity index (χ0) is 22.3. The Kier molecular flexibility index (Phi) is 7.96. The minimum Gasteiger partial charge on any atom is -0.365 e. The van der Waals surface area contributed by atoms with Gasteiger partial charge in [0.15, 0.2) is 0 Å². The predicted molar refractivity (Wildman–Crippen MR) is 124 cm³/mol. The normalized spacial score (nSPS) is 27.5. The maximum Gasteiger partial charge on any atom is 0.234 e. The number of carbonyl (C=O) groups excluding carboxylic acids is 2. The van der Waals surface area contributed by atoms with E-state index in [0.29, 0.717) is 25.5 Å². The van der Waals surface area contributed by atoms with E-state index in [0.717, 1.165) is 43.0 Å². The minimum absolute atomic E-state index is 0.191. The largest absolute Gasteiger partial charge is 0.365 e. The molecule has 3 fully saturated rings. The van der Waals surface area contributed by atoms with Crippen molar-refractivity contribution in [3.63, 3.8) is 0 Å². The Labute approximate surface area is 191 Å². The van der Waals surface area contributed by atoms with E-state index >= 15 is 0 Å². The third kappa shape index (κ3) is 6.41. The van der Waals surface area contributed by atoms with Crippen LogP contribution >= 0.6 is 0 Å². The molecule has 1 aliphatic carbocycles. The summed E-state index contributed by atoms with van der Waals surface area (Å²) < 4.78 is 6.01. The third-order valence-electron chi connectivity index (χ3n) is 7.09. The molecule has 0 spiro atoms. The molecule has 2 saturated heterocycles. The first kappa shape index (κ1) is 23.0. The summed E-state index contributed by atoms with van der Waals surface area (Å²) in [5.41, 5.74) is 7.81. The molecule has 1 aromatic rings. The Morgan fingerprint density at radius 2 is 1.84 bits per heavy atom. The molecule has 1 unspecified atom stereocenters. The van der Waals surface area contributed by atoms with E-state index in [4.69, 9.17) is 10.5 Å². The Balaban J connectivity index is 1.19. The van der Waals surface area contributed by atoms with Gasteiger partial charge in [0.05, 0.1) is 12.0 Å². The van der Waals surface area contributed by atoms with E-state index < -0.39 is 0 Å². The number of hydrogen-bond acceptors (Lipinski definition) is 5. The number of carbonyl (C=O) groups is 2. The molecule has 172 valence electrons. The number of nitrogens with one attached hydrogen (secondary N) is 1. The van der Waals surface area contributed by atoms with E-state index in [-0.39, 0.29) is 23.8 Å². The van der Waals surface area contributed by atoms with Gasteiger partial charge in [0.25, 0.3) is 0 Å². The van der Waals surface area contributed by atoms with Crippen molar-refractivity contribution in [2.45, 2.75) is 69.4 Å². The number of likely N-dealkylation sites (tertiary alicyclic amines) is 1. The molecule has 0 radical (unpaired) electrons. The highest BCUT2D eigenvalue weighted by molar-refractivity contribution is 6.00. The number of piperidine rings is 2. The number of nitrogens with two attached hydrogens (primary N) is 1. The topological polar surface area (TPSA) is 84.7 Å². The van der Waals surface area contributed by atoms with Crippen LogP contribution in [0.15, 0.2) is 24.3 Å². The molecule has 6 nitrogen and oxygen atoms in total. The summed E-state index contributed by atoms with van der Waals surface area (Å²) >= 11 is 0. The van der Waals surface area contributed by atoms with E-state index in [1.54, 1.807) is 0 Å². The number of hydrogen-bond donors (Lipinski definition) is 2. The second kappa shape index (κ2) is 11.1. The van der Waals surface area contributed by atoms with Gasteiger partial charge in [-0.3, -0.25) is 14.9 Å². The summed E-state index contributed by atoms with van der Waals surface area (Å²) in [6.07, 6.45) is 8.27. The monoisotopic (exact) mass is 437 g/mol. The van der Waals surface area contributed by atoms with Crippen molar-refractivity contribution in [2.24, 2.45) is 11.7 Å². The van der Waals surface area contributed by atoms with E-state index in [1.807, 2.05) is 24.3 Å². The molecule has 2 heterocycles. The number of ether oxygens (including phenoxy) is 1. The lowest BCUT2D eigenvalue weighted by atomic mass is 9.86. The molecule has 0 bridgehead atoms. The first-order chi connectivity index (χ1) is 15.6. The smallest absolute Gasteiger partial charge is 0.234 e. The lowest BCUT2D eigenvalue weighted by Gasteiger charge is -2.35. The molecular weight excluding hydrogens is 402 g/mol. The summed E-state index contributed by atoms with van der Waals surface area (Å²) in [6.45, 7) is 3.85. The van der Waals surface area contributed by atoms with Crippen LogP contribution in [0, 0.1) is 17.8 Å². The molecule has 2 amide bonds. The maximum atomic E-state index is 12.1. The number of benzene rings is 1. The maximum absolute atomic E-state index is 12.1. The second-order valence-corrected chi connectivity index (χ2v) is 9.52. The van der Waals surface area contributed by atoms with Gasteiger partial charge < -0.3 is 15.4 Å². The Morgan fingerprint density at radius 3 is 2.59 bits per heavy atom. The fourth-order valence-electron chi connectivity index (χ4n) is 5.14. The van der Waals surface area contributed by atoms with Gasteiger partial charge in [-0.15, -0.1) is 0 Å². The molecule has 1 saturated carbocycles. The Bertz CT molecular complexity index is 859. The molecule has 3 N–H and O–H groups in total.